The van der Waals surface area contributed by atoms with E-state index in [1.54, 1.807) is 6.26 Å². The summed E-state index contributed by atoms with van der Waals surface area (Å²) in [6, 6.07) is 8.24. The van der Waals surface area contributed by atoms with Crippen molar-refractivity contribution in [2.45, 2.75) is 39.2 Å². The van der Waals surface area contributed by atoms with E-state index >= 15 is 0 Å². The molecule has 0 spiro atoms. The molecule has 1 aromatic heterocycles. The van der Waals surface area contributed by atoms with Gasteiger partial charge in [0.25, 0.3) is 5.91 Å². The molecule has 0 bridgehead atoms. The van der Waals surface area contributed by atoms with Gasteiger partial charge in [-0.1, -0.05) is 11.9 Å². The summed E-state index contributed by atoms with van der Waals surface area (Å²) in [5.74, 6) is -1.00. The van der Waals surface area contributed by atoms with Gasteiger partial charge in [-0.2, -0.15) is 0 Å². The number of hydrogen-bond donors (Lipinski definition) is 2. The zero-order chi connectivity index (χ0) is 27.9. The van der Waals surface area contributed by atoms with Gasteiger partial charge in [-0.15, -0.1) is 13.2 Å². The monoisotopic (exact) mass is 562 g/mol. The molecule has 3 heterocycles. The Morgan fingerprint density at radius 1 is 1.21 bits per heavy atom. The average molecular weight is 563 g/mol. The zero-order valence-corrected chi connectivity index (χ0v) is 22.6. The van der Waals surface area contributed by atoms with Crippen molar-refractivity contribution in [1.82, 2.24) is 10.2 Å². The van der Waals surface area contributed by atoms with Crippen LogP contribution in [0.4, 0.5) is 24.5 Å². The van der Waals surface area contributed by atoms with Crippen LogP contribution in [-0.4, -0.2) is 55.6 Å². The highest BCUT2D eigenvalue weighted by Crippen LogP contribution is 2.35. The maximum absolute atomic E-state index is 13.3. The number of rotatable bonds is 5. The summed E-state index contributed by atoms with van der Waals surface area (Å²) in [6.45, 7) is 6.97. The molecule has 0 saturated carbocycles. The lowest BCUT2D eigenvalue weighted by molar-refractivity contribution is -0.274. The van der Waals surface area contributed by atoms with Gasteiger partial charge in [0.1, 0.15) is 5.58 Å². The largest absolute Gasteiger partial charge is 0.573 e. The lowest BCUT2D eigenvalue weighted by Crippen LogP contribution is -2.49. The van der Waals surface area contributed by atoms with Crippen LogP contribution in [-0.2, 0) is 13.0 Å². The third-order valence-corrected chi connectivity index (χ3v) is 7.58. The van der Waals surface area contributed by atoms with Gasteiger partial charge in [0.15, 0.2) is 5.75 Å². The van der Waals surface area contributed by atoms with E-state index in [0.717, 1.165) is 59.8 Å². The SMILES string of the molecule is CSNc1ccc(C(=O)N2CCc3c(c(=O)oc4c(C)c(N5CCNC(C)C5)ccc34)C2)cc1OC(F)(F)F. The fraction of sp³-hybridized carbons (Fsp3) is 0.407. The number of piperazine rings is 1. The van der Waals surface area contributed by atoms with Crippen LogP contribution in [0.3, 0.4) is 0 Å². The second-order valence-corrected chi connectivity index (χ2v) is 10.4. The molecule has 2 aliphatic heterocycles. The smallest absolute Gasteiger partial charge is 0.422 e. The number of carbonyl (C=O) groups is 1. The van der Waals surface area contributed by atoms with E-state index in [-0.39, 0.29) is 17.8 Å². The number of benzene rings is 2. The second-order valence-electron chi connectivity index (χ2n) is 9.78. The molecule has 1 unspecified atom stereocenters. The van der Waals surface area contributed by atoms with Crippen molar-refractivity contribution >= 4 is 40.2 Å². The summed E-state index contributed by atoms with van der Waals surface area (Å²) in [5.41, 5.74) is 3.32. The molecule has 1 fully saturated rings. The van der Waals surface area contributed by atoms with Gasteiger partial charge in [-0.3, -0.25) is 4.79 Å². The number of amides is 1. The Morgan fingerprint density at radius 3 is 2.72 bits per heavy atom. The first-order valence-corrected chi connectivity index (χ1v) is 13.8. The van der Waals surface area contributed by atoms with E-state index < -0.39 is 23.6 Å². The average Bonchev–Trinajstić information content (AvgIpc) is 2.89. The second kappa shape index (κ2) is 10.6. The van der Waals surface area contributed by atoms with Crippen LogP contribution < -0.4 is 25.3 Å². The van der Waals surface area contributed by atoms with E-state index in [1.165, 1.54) is 17.0 Å². The predicted octanol–water partition coefficient (Wildman–Crippen LogP) is 4.69. The highest BCUT2D eigenvalue weighted by Gasteiger charge is 2.33. The Hall–Kier alpha value is -3.38. The van der Waals surface area contributed by atoms with Crippen molar-refractivity contribution in [1.29, 1.82) is 0 Å². The van der Waals surface area contributed by atoms with Crippen LogP contribution in [0.1, 0.15) is 34.0 Å². The molecule has 2 aromatic carbocycles. The summed E-state index contributed by atoms with van der Waals surface area (Å²) in [6.07, 6.45) is -2.84. The molecular weight excluding hydrogens is 533 g/mol. The minimum absolute atomic E-state index is 0.00280. The van der Waals surface area contributed by atoms with Crippen molar-refractivity contribution < 1.29 is 27.1 Å². The molecule has 5 rings (SSSR count). The standard InChI is InChI=1S/C27H29F3N4O4S/c1-15-13-33(11-9-31-15)22-7-5-19-18-8-10-34(14-20(18)26(36)37-24(19)16(22)2)25(35)17-4-6-21(32-39-3)23(12-17)38-27(28,29)30/h4-7,12,15,31-32H,8-11,13-14H2,1-3H3. The molecule has 8 nitrogen and oxygen atoms in total. The third-order valence-electron chi connectivity index (χ3n) is 7.15. The molecule has 39 heavy (non-hydrogen) atoms. The minimum atomic E-state index is -4.91. The topological polar surface area (TPSA) is 87.1 Å². The summed E-state index contributed by atoms with van der Waals surface area (Å²) in [4.78, 5) is 30.1. The molecule has 12 heteroatoms. The molecular formula is C27H29F3N4O4S. The number of halogens is 3. The van der Waals surface area contributed by atoms with Crippen LogP contribution in [0.5, 0.6) is 5.75 Å². The summed E-state index contributed by atoms with van der Waals surface area (Å²) >= 11 is 1.10. The molecule has 3 aromatic rings. The van der Waals surface area contributed by atoms with Crippen LogP contribution in [0.25, 0.3) is 11.0 Å². The fourth-order valence-electron chi connectivity index (χ4n) is 5.36. The van der Waals surface area contributed by atoms with Gasteiger partial charge in [0, 0.05) is 60.7 Å². The molecule has 1 saturated heterocycles. The third kappa shape index (κ3) is 5.53. The first-order valence-electron chi connectivity index (χ1n) is 12.6. The highest BCUT2D eigenvalue weighted by molar-refractivity contribution is 7.99. The lowest BCUT2D eigenvalue weighted by Gasteiger charge is -2.35. The van der Waals surface area contributed by atoms with Crippen LogP contribution in [0.15, 0.2) is 39.5 Å². The molecule has 208 valence electrons. The molecule has 1 atom stereocenters. The van der Waals surface area contributed by atoms with Gasteiger partial charge < -0.3 is 29.0 Å². The number of ether oxygens (including phenoxy) is 1. The predicted molar refractivity (Wildman–Crippen MR) is 146 cm³/mol. The summed E-state index contributed by atoms with van der Waals surface area (Å²) < 4.78 is 51.5. The summed E-state index contributed by atoms with van der Waals surface area (Å²) in [5, 5.41) is 4.27. The normalized spacial score (nSPS) is 17.7. The highest BCUT2D eigenvalue weighted by atomic mass is 32.2. The fourth-order valence-corrected chi connectivity index (χ4v) is 5.75. The van der Waals surface area contributed by atoms with Crippen LogP contribution in [0, 0.1) is 6.92 Å². The van der Waals surface area contributed by atoms with Crippen molar-refractivity contribution in [3.63, 3.8) is 0 Å². The van der Waals surface area contributed by atoms with Gasteiger partial charge in [-0.25, -0.2) is 4.79 Å². The Balaban J connectivity index is 1.44. The molecule has 2 aliphatic rings. The number of nitrogens with zero attached hydrogens (tertiary/aromatic N) is 2. The van der Waals surface area contributed by atoms with E-state index in [4.69, 9.17) is 4.42 Å². The van der Waals surface area contributed by atoms with Gasteiger partial charge in [0.05, 0.1) is 17.8 Å². The number of aryl methyl sites for hydroxylation is 1. The number of fused-ring (bicyclic) bond motifs is 3. The number of carbonyl (C=O) groups excluding carboxylic acids is 1. The minimum Gasteiger partial charge on any atom is -0.422 e. The first-order chi connectivity index (χ1) is 18.6. The van der Waals surface area contributed by atoms with E-state index in [2.05, 4.69) is 32.7 Å². The number of hydrogen-bond acceptors (Lipinski definition) is 8. The van der Waals surface area contributed by atoms with Crippen molar-refractivity contribution in [2.75, 3.05) is 42.1 Å². The van der Waals surface area contributed by atoms with E-state index in [1.807, 2.05) is 13.0 Å². The summed E-state index contributed by atoms with van der Waals surface area (Å²) in [7, 11) is 0. The molecule has 2 N–H and O–H groups in total. The number of nitrogens with one attached hydrogen (secondary N) is 2. The van der Waals surface area contributed by atoms with Crippen LogP contribution in [0.2, 0.25) is 0 Å². The first kappa shape index (κ1) is 27.2. The van der Waals surface area contributed by atoms with Crippen molar-refractivity contribution in [2.24, 2.45) is 0 Å². The van der Waals surface area contributed by atoms with E-state index in [0.29, 0.717) is 30.2 Å². The van der Waals surface area contributed by atoms with Gasteiger partial charge in [-0.05, 0) is 56.2 Å². The maximum Gasteiger partial charge on any atom is 0.573 e. The quantitative estimate of drug-likeness (QED) is 0.342. The van der Waals surface area contributed by atoms with Crippen molar-refractivity contribution in [3.05, 3.63) is 63.0 Å². The lowest BCUT2D eigenvalue weighted by atomic mass is 9.95. The van der Waals surface area contributed by atoms with Gasteiger partial charge in [0.2, 0.25) is 0 Å². The maximum atomic E-state index is 13.3. The molecule has 0 radical (unpaired) electrons. The molecule has 1 amide bonds. The Bertz CT molecular complexity index is 1480. The number of alkyl halides is 3. The van der Waals surface area contributed by atoms with E-state index in [9.17, 15) is 22.8 Å². The zero-order valence-electron chi connectivity index (χ0n) is 21.8. The number of anilines is 2. The van der Waals surface area contributed by atoms with Crippen molar-refractivity contribution in [3.8, 4) is 5.75 Å². The molecule has 0 aliphatic carbocycles. The Morgan fingerprint density at radius 2 is 2.00 bits per heavy atom. The Labute approximate surface area is 227 Å². The van der Waals surface area contributed by atoms with Gasteiger partial charge >= 0.3 is 12.0 Å². The van der Waals surface area contributed by atoms with Crippen LogP contribution >= 0.6 is 11.9 Å². The Kier molecular flexibility index (Phi) is 7.43.